The first-order valence-electron chi connectivity index (χ1n) is 7.66. The lowest BCUT2D eigenvalue weighted by Gasteiger charge is -2.11. The van der Waals surface area contributed by atoms with Crippen molar-refractivity contribution in [2.75, 3.05) is 13.7 Å². The van der Waals surface area contributed by atoms with E-state index in [1.807, 2.05) is 0 Å². The number of cyclic esters (lactones) is 1. The van der Waals surface area contributed by atoms with Crippen LogP contribution >= 0.6 is 0 Å². The minimum absolute atomic E-state index is 0.0321. The van der Waals surface area contributed by atoms with Gasteiger partial charge in [0.15, 0.2) is 11.6 Å². The Kier molecular flexibility index (Phi) is 6.12. The summed E-state index contributed by atoms with van der Waals surface area (Å²) in [6.45, 7) is -0.0891. The number of Topliss-reactive ketones (excluding diaryl/α,β-unsaturated/α-hetero) is 1. The first-order valence-corrected chi connectivity index (χ1v) is 7.66. The van der Waals surface area contributed by atoms with Crippen LogP contribution in [-0.2, 0) is 9.53 Å². The number of phenols is 1. The van der Waals surface area contributed by atoms with Gasteiger partial charge in [0, 0.05) is 18.9 Å². The summed E-state index contributed by atoms with van der Waals surface area (Å²) in [5.74, 6) is -1.91. The number of benzene rings is 1. The maximum absolute atomic E-state index is 13.5. The number of allylic oxidation sites excluding steroid dienone is 2. The zero-order chi connectivity index (χ0) is 17.5. The Hall–Kier alpha value is -2.63. The summed E-state index contributed by atoms with van der Waals surface area (Å²) in [5, 5.41) is 10.1. The Morgan fingerprint density at radius 3 is 2.79 bits per heavy atom. The van der Waals surface area contributed by atoms with Gasteiger partial charge in [0.05, 0.1) is 13.7 Å². The van der Waals surface area contributed by atoms with E-state index in [1.165, 1.54) is 13.2 Å². The molecule has 1 heterocycles. The van der Waals surface area contributed by atoms with E-state index in [9.17, 15) is 19.1 Å². The number of esters is 1. The summed E-state index contributed by atoms with van der Waals surface area (Å²) in [7, 11) is 1.46. The molecule has 1 aliphatic heterocycles. The number of aromatic hydroxyl groups is 1. The average Bonchev–Trinajstić information content (AvgIpc) is 2.56. The molecule has 5 nitrogen and oxygen atoms in total. The van der Waals surface area contributed by atoms with Gasteiger partial charge in [-0.25, -0.2) is 9.18 Å². The Morgan fingerprint density at radius 2 is 2.04 bits per heavy atom. The highest BCUT2D eigenvalue weighted by Gasteiger charge is 2.19. The number of hydrogen-bond acceptors (Lipinski definition) is 5. The third kappa shape index (κ3) is 4.44. The van der Waals surface area contributed by atoms with Crippen LogP contribution < -0.4 is 4.74 Å². The van der Waals surface area contributed by atoms with Crippen LogP contribution in [0.2, 0.25) is 0 Å². The molecule has 0 unspecified atom stereocenters. The van der Waals surface area contributed by atoms with Gasteiger partial charge in [0.25, 0.3) is 0 Å². The molecule has 24 heavy (non-hydrogen) atoms. The third-order valence-electron chi connectivity index (χ3n) is 3.57. The lowest BCUT2D eigenvalue weighted by atomic mass is 10.0. The topological polar surface area (TPSA) is 72.8 Å². The molecule has 0 saturated carbocycles. The Bertz CT molecular complexity index is 691. The highest BCUT2D eigenvalue weighted by atomic mass is 19.1. The summed E-state index contributed by atoms with van der Waals surface area (Å²) < 4.78 is 23.7. The number of halogens is 1. The van der Waals surface area contributed by atoms with Crippen LogP contribution in [0.25, 0.3) is 6.08 Å². The molecule has 1 aromatic rings. The van der Waals surface area contributed by atoms with Crippen molar-refractivity contribution in [3.05, 3.63) is 41.2 Å². The zero-order valence-electron chi connectivity index (χ0n) is 13.4. The van der Waals surface area contributed by atoms with Gasteiger partial charge in [-0.05, 0) is 30.5 Å². The SMILES string of the molecule is COc1cc(O)c2c(c1)/C=C/CCCC(=O)/C(F)=C\CCOC2=O. The Balaban J connectivity index is 2.34. The maximum Gasteiger partial charge on any atom is 0.342 e. The molecule has 0 fully saturated rings. The molecular weight excluding hydrogens is 315 g/mol. The zero-order valence-corrected chi connectivity index (χ0v) is 13.4. The molecular formula is C18H19FO5. The monoisotopic (exact) mass is 334 g/mol. The Labute approximate surface area is 139 Å². The number of ketones is 1. The van der Waals surface area contributed by atoms with Crippen molar-refractivity contribution < 1.29 is 28.6 Å². The van der Waals surface area contributed by atoms with Crippen LogP contribution in [0.5, 0.6) is 11.5 Å². The summed E-state index contributed by atoms with van der Waals surface area (Å²) in [6.07, 6.45) is 5.75. The smallest absolute Gasteiger partial charge is 0.342 e. The molecule has 2 rings (SSSR count). The number of hydrogen-bond donors (Lipinski definition) is 1. The molecule has 0 amide bonds. The van der Waals surface area contributed by atoms with Gasteiger partial charge in [-0.3, -0.25) is 4.79 Å². The van der Waals surface area contributed by atoms with E-state index in [0.29, 0.717) is 24.2 Å². The molecule has 0 aromatic heterocycles. The van der Waals surface area contributed by atoms with Crippen molar-refractivity contribution in [1.82, 2.24) is 0 Å². The molecule has 6 heteroatoms. The van der Waals surface area contributed by atoms with Gasteiger partial charge in [-0.2, -0.15) is 0 Å². The van der Waals surface area contributed by atoms with E-state index in [1.54, 1.807) is 18.2 Å². The number of fused-ring (bicyclic) bond motifs is 1. The van der Waals surface area contributed by atoms with Crippen LogP contribution in [0.4, 0.5) is 4.39 Å². The number of methoxy groups -OCH3 is 1. The molecule has 1 N–H and O–H groups in total. The Morgan fingerprint density at radius 1 is 1.25 bits per heavy atom. The lowest BCUT2D eigenvalue weighted by Crippen LogP contribution is -2.09. The van der Waals surface area contributed by atoms with Crippen LogP contribution in [0.15, 0.2) is 30.1 Å². The largest absolute Gasteiger partial charge is 0.507 e. The van der Waals surface area contributed by atoms with Crippen molar-refractivity contribution in [2.45, 2.75) is 25.7 Å². The number of ether oxygens (including phenoxy) is 2. The van der Waals surface area contributed by atoms with Crippen LogP contribution in [0.3, 0.4) is 0 Å². The summed E-state index contributed by atoms with van der Waals surface area (Å²) in [6, 6.07) is 2.94. The van der Waals surface area contributed by atoms with E-state index < -0.39 is 17.6 Å². The predicted octanol–water partition coefficient (Wildman–Crippen LogP) is 3.57. The normalized spacial score (nSPS) is 20.2. The average molecular weight is 334 g/mol. The van der Waals surface area contributed by atoms with Gasteiger partial charge >= 0.3 is 5.97 Å². The molecule has 0 bridgehead atoms. The summed E-state index contributed by atoms with van der Waals surface area (Å²) >= 11 is 0. The lowest BCUT2D eigenvalue weighted by molar-refractivity contribution is -0.117. The van der Waals surface area contributed by atoms with Crippen molar-refractivity contribution in [1.29, 1.82) is 0 Å². The van der Waals surface area contributed by atoms with Crippen LogP contribution in [0.1, 0.15) is 41.6 Å². The predicted molar refractivity (Wildman–Crippen MR) is 86.6 cm³/mol. The highest BCUT2D eigenvalue weighted by Crippen LogP contribution is 2.30. The van der Waals surface area contributed by atoms with Gasteiger partial charge < -0.3 is 14.6 Å². The molecule has 1 aliphatic rings. The molecule has 0 radical (unpaired) electrons. The van der Waals surface area contributed by atoms with E-state index in [2.05, 4.69) is 0 Å². The highest BCUT2D eigenvalue weighted by molar-refractivity contribution is 5.97. The first-order chi connectivity index (χ1) is 11.5. The summed E-state index contributed by atoms with van der Waals surface area (Å²) in [5.41, 5.74) is 0.492. The van der Waals surface area contributed by atoms with Crippen molar-refractivity contribution in [3.63, 3.8) is 0 Å². The third-order valence-corrected chi connectivity index (χ3v) is 3.57. The second-order valence-corrected chi connectivity index (χ2v) is 5.31. The van der Waals surface area contributed by atoms with E-state index in [4.69, 9.17) is 9.47 Å². The fourth-order valence-corrected chi connectivity index (χ4v) is 2.33. The van der Waals surface area contributed by atoms with Crippen molar-refractivity contribution in [3.8, 4) is 11.5 Å². The second-order valence-electron chi connectivity index (χ2n) is 5.31. The quantitative estimate of drug-likeness (QED) is 0.795. The van der Waals surface area contributed by atoms with Gasteiger partial charge in [0.1, 0.15) is 17.1 Å². The van der Waals surface area contributed by atoms with E-state index in [0.717, 1.165) is 6.08 Å². The minimum Gasteiger partial charge on any atom is -0.507 e. The van der Waals surface area contributed by atoms with E-state index in [-0.39, 0.29) is 30.8 Å². The van der Waals surface area contributed by atoms with E-state index >= 15 is 0 Å². The molecule has 0 atom stereocenters. The van der Waals surface area contributed by atoms with Gasteiger partial charge in [0.2, 0.25) is 0 Å². The minimum atomic E-state index is -0.805. The molecule has 1 aromatic carbocycles. The second kappa shape index (κ2) is 8.29. The molecule has 128 valence electrons. The number of phenolic OH excluding ortho intramolecular Hbond substituents is 1. The van der Waals surface area contributed by atoms with Crippen LogP contribution in [-0.4, -0.2) is 30.6 Å². The molecule has 0 saturated heterocycles. The number of rotatable bonds is 1. The molecule has 0 spiro atoms. The summed E-state index contributed by atoms with van der Waals surface area (Å²) in [4.78, 5) is 23.8. The van der Waals surface area contributed by atoms with Crippen molar-refractivity contribution >= 4 is 17.8 Å². The maximum atomic E-state index is 13.5. The number of carbonyl (C=O) groups is 2. The first kappa shape index (κ1) is 17.7. The van der Waals surface area contributed by atoms with Gasteiger partial charge in [-0.1, -0.05) is 12.2 Å². The number of carbonyl (C=O) groups excluding carboxylic acids is 2. The van der Waals surface area contributed by atoms with Crippen molar-refractivity contribution in [2.24, 2.45) is 0 Å². The standard InChI is InChI=1S/C18H19FO5/c1-23-13-10-12-6-3-2-4-8-15(20)14(19)7-5-9-24-18(22)17(12)16(21)11-13/h3,6-7,10-11,21H,2,4-5,8-9H2,1H3/b6-3+,14-7+. The van der Waals surface area contributed by atoms with Gasteiger partial charge in [-0.15, -0.1) is 0 Å². The fourth-order valence-electron chi connectivity index (χ4n) is 2.33. The van der Waals surface area contributed by atoms with Crippen LogP contribution in [0, 0.1) is 0 Å². The fraction of sp³-hybridized carbons (Fsp3) is 0.333. The molecule has 0 aliphatic carbocycles.